The summed E-state index contributed by atoms with van der Waals surface area (Å²) in [6.07, 6.45) is 1.80. The molecule has 120 valence electrons. The van der Waals surface area contributed by atoms with Crippen LogP contribution < -0.4 is 10.6 Å². The molecule has 6 heteroatoms. The summed E-state index contributed by atoms with van der Waals surface area (Å²) < 4.78 is 0. The van der Waals surface area contributed by atoms with Gasteiger partial charge in [-0.05, 0) is 47.4 Å². The van der Waals surface area contributed by atoms with Crippen molar-refractivity contribution in [1.82, 2.24) is 15.6 Å². The maximum atomic E-state index is 4.57. The number of nitrogens with zero attached hydrogens (tertiary/aromatic N) is 2. The number of hydrogen-bond acceptors (Lipinski definition) is 3. The van der Waals surface area contributed by atoms with Crippen LogP contribution >= 0.6 is 35.3 Å². The average molecular weight is 430 g/mol. The van der Waals surface area contributed by atoms with E-state index in [-0.39, 0.29) is 24.0 Å². The molecule has 2 heterocycles. The molecule has 0 aliphatic carbocycles. The molecule has 0 saturated carbocycles. The van der Waals surface area contributed by atoms with Crippen LogP contribution in [0.3, 0.4) is 0 Å². The van der Waals surface area contributed by atoms with Crippen molar-refractivity contribution in [3.63, 3.8) is 0 Å². The first-order valence-electron chi connectivity index (χ1n) is 7.23. The Morgan fingerprint density at radius 1 is 1.32 bits per heavy atom. The van der Waals surface area contributed by atoms with Crippen LogP contribution in [0.25, 0.3) is 0 Å². The van der Waals surface area contributed by atoms with Gasteiger partial charge in [0.15, 0.2) is 5.96 Å². The van der Waals surface area contributed by atoms with Crippen molar-refractivity contribution >= 4 is 41.3 Å². The summed E-state index contributed by atoms with van der Waals surface area (Å²) in [4.78, 5) is 8.86. The number of aliphatic imine (C=N–C) groups is 1. The lowest BCUT2D eigenvalue weighted by atomic mass is 10.1. The van der Waals surface area contributed by atoms with Crippen molar-refractivity contribution in [1.29, 1.82) is 0 Å². The summed E-state index contributed by atoms with van der Waals surface area (Å²) in [5, 5.41) is 11.0. The Bertz CT molecular complexity index is 543. The van der Waals surface area contributed by atoms with E-state index in [1.807, 2.05) is 18.2 Å². The van der Waals surface area contributed by atoms with Crippen molar-refractivity contribution in [3.05, 3.63) is 52.5 Å². The summed E-state index contributed by atoms with van der Waals surface area (Å²) in [6, 6.07) is 8.06. The SMILES string of the molecule is CCNC(=NCc1ccccn1)NCC(C)c1ccsc1.I. The Morgan fingerprint density at radius 3 is 2.82 bits per heavy atom. The van der Waals surface area contributed by atoms with Gasteiger partial charge < -0.3 is 10.6 Å². The third kappa shape index (κ3) is 6.31. The van der Waals surface area contributed by atoms with Crippen LogP contribution in [0.2, 0.25) is 0 Å². The molecule has 0 aromatic carbocycles. The fourth-order valence-corrected chi connectivity index (χ4v) is 2.70. The van der Waals surface area contributed by atoms with E-state index in [4.69, 9.17) is 0 Å². The molecule has 1 unspecified atom stereocenters. The van der Waals surface area contributed by atoms with Gasteiger partial charge in [-0.25, -0.2) is 4.99 Å². The van der Waals surface area contributed by atoms with Crippen LogP contribution in [0.4, 0.5) is 0 Å². The lowest BCUT2D eigenvalue weighted by Crippen LogP contribution is -2.39. The molecule has 2 rings (SSSR count). The second-order valence-electron chi connectivity index (χ2n) is 4.85. The fraction of sp³-hybridized carbons (Fsp3) is 0.375. The molecule has 0 fully saturated rings. The lowest BCUT2D eigenvalue weighted by Gasteiger charge is -2.15. The van der Waals surface area contributed by atoms with Crippen molar-refractivity contribution in [2.45, 2.75) is 26.3 Å². The molecule has 0 saturated heterocycles. The Kier molecular flexibility index (Phi) is 9.07. The highest BCUT2D eigenvalue weighted by Crippen LogP contribution is 2.16. The van der Waals surface area contributed by atoms with Gasteiger partial charge in [0.05, 0.1) is 12.2 Å². The van der Waals surface area contributed by atoms with Crippen molar-refractivity contribution < 1.29 is 0 Å². The first-order valence-corrected chi connectivity index (χ1v) is 8.18. The number of halogens is 1. The molecule has 2 aromatic heterocycles. The molecule has 0 aliphatic rings. The molecule has 2 N–H and O–H groups in total. The second-order valence-corrected chi connectivity index (χ2v) is 5.63. The molecule has 2 aromatic rings. The number of hydrogen-bond donors (Lipinski definition) is 2. The van der Waals surface area contributed by atoms with Crippen molar-refractivity contribution in [3.8, 4) is 0 Å². The van der Waals surface area contributed by atoms with Crippen LogP contribution in [0, 0.1) is 0 Å². The third-order valence-corrected chi connectivity index (χ3v) is 3.86. The summed E-state index contributed by atoms with van der Waals surface area (Å²) in [7, 11) is 0. The van der Waals surface area contributed by atoms with E-state index in [2.05, 4.69) is 51.3 Å². The molecule has 1 atom stereocenters. The quantitative estimate of drug-likeness (QED) is 0.418. The first-order chi connectivity index (χ1) is 10.3. The van der Waals surface area contributed by atoms with Gasteiger partial charge in [-0.1, -0.05) is 13.0 Å². The molecule has 0 spiro atoms. The lowest BCUT2D eigenvalue weighted by molar-refractivity contribution is 0.701. The van der Waals surface area contributed by atoms with E-state index in [1.54, 1.807) is 17.5 Å². The number of thiophene rings is 1. The summed E-state index contributed by atoms with van der Waals surface area (Å²) in [6.45, 7) is 6.59. The minimum atomic E-state index is 0. The predicted molar refractivity (Wildman–Crippen MR) is 105 cm³/mol. The largest absolute Gasteiger partial charge is 0.357 e. The molecule has 0 aliphatic heterocycles. The number of pyridine rings is 1. The molecule has 0 radical (unpaired) electrons. The van der Waals surface area contributed by atoms with E-state index in [0.29, 0.717) is 12.5 Å². The summed E-state index contributed by atoms with van der Waals surface area (Å²) in [5.74, 6) is 1.31. The van der Waals surface area contributed by atoms with E-state index in [1.165, 1.54) is 5.56 Å². The minimum Gasteiger partial charge on any atom is -0.357 e. The zero-order valence-electron chi connectivity index (χ0n) is 13.0. The highest BCUT2D eigenvalue weighted by molar-refractivity contribution is 14.0. The zero-order chi connectivity index (χ0) is 14.9. The molecule has 0 amide bonds. The monoisotopic (exact) mass is 430 g/mol. The van der Waals surface area contributed by atoms with E-state index >= 15 is 0 Å². The number of rotatable bonds is 6. The maximum Gasteiger partial charge on any atom is 0.191 e. The predicted octanol–water partition coefficient (Wildman–Crippen LogP) is 3.62. The van der Waals surface area contributed by atoms with Gasteiger partial charge in [0.1, 0.15) is 0 Å². The van der Waals surface area contributed by atoms with Gasteiger partial charge in [-0.15, -0.1) is 24.0 Å². The Morgan fingerprint density at radius 2 is 2.18 bits per heavy atom. The van der Waals surface area contributed by atoms with Gasteiger partial charge in [0.2, 0.25) is 0 Å². The van der Waals surface area contributed by atoms with Crippen LogP contribution in [-0.2, 0) is 6.54 Å². The van der Waals surface area contributed by atoms with E-state index in [0.717, 1.165) is 24.7 Å². The van der Waals surface area contributed by atoms with Crippen LogP contribution in [-0.4, -0.2) is 24.0 Å². The Balaban J connectivity index is 0.00000242. The number of guanidine groups is 1. The van der Waals surface area contributed by atoms with Crippen LogP contribution in [0.5, 0.6) is 0 Å². The third-order valence-electron chi connectivity index (χ3n) is 3.16. The number of nitrogens with one attached hydrogen (secondary N) is 2. The van der Waals surface area contributed by atoms with Gasteiger partial charge in [-0.3, -0.25) is 4.98 Å². The van der Waals surface area contributed by atoms with Gasteiger partial charge in [0.25, 0.3) is 0 Å². The normalized spacial score (nSPS) is 12.4. The summed E-state index contributed by atoms with van der Waals surface area (Å²) in [5.41, 5.74) is 2.34. The van der Waals surface area contributed by atoms with Gasteiger partial charge in [0, 0.05) is 19.3 Å². The topological polar surface area (TPSA) is 49.3 Å². The second kappa shape index (κ2) is 10.6. The first kappa shape index (κ1) is 18.9. The minimum absolute atomic E-state index is 0. The zero-order valence-corrected chi connectivity index (χ0v) is 16.1. The van der Waals surface area contributed by atoms with E-state index < -0.39 is 0 Å². The fourth-order valence-electron chi connectivity index (χ4n) is 1.92. The van der Waals surface area contributed by atoms with Crippen LogP contribution in [0.1, 0.15) is 31.0 Å². The average Bonchev–Trinajstić information content (AvgIpc) is 3.05. The number of aromatic nitrogens is 1. The van der Waals surface area contributed by atoms with Gasteiger partial charge >= 0.3 is 0 Å². The van der Waals surface area contributed by atoms with Crippen LogP contribution in [0.15, 0.2) is 46.2 Å². The standard InChI is InChI=1S/C16H22N4S.HI/c1-3-17-16(20-11-15-6-4-5-8-18-15)19-10-13(2)14-7-9-21-12-14;/h4-9,12-13H,3,10-11H2,1-2H3,(H2,17,19,20);1H. The molecule has 22 heavy (non-hydrogen) atoms. The molecule has 4 nitrogen and oxygen atoms in total. The van der Waals surface area contributed by atoms with Crippen molar-refractivity contribution in [2.75, 3.05) is 13.1 Å². The Labute approximate surface area is 153 Å². The maximum absolute atomic E-state index is 4.57. The molecular weight excluding hydrogens is 407 g/mol. The molecular formula is C16H23IN4S. The van der Waals surface area contributed by atoms with Gasteiger partial charge in [-0.2, -0.15) is 11.3 Å². The smallest absolute Gasteiger partial charge is 0.191 e. The molecule has 0 bridgehead atoms. The Hall–Kier alpha value is -1.15. The van der Waals surface area contributed by atoms with Crippen molar-refractivity contribution in [2.24, 2.45) is 4.99 Å². The highest BCUT2D eigenvalue weighted by Gasteiger charge is 2.06. The summed E-state index contributed by atoms with van der Waals surface area (Å²) >= 11 is 1.74. The highest BCUT2D eigenvalue weighted by atomic mass is 127. The van der Waals surface area contributed by atoms with E-state index in [9.17, 15) is 0 Å².